The summed E-state index contributed by atoms with van der Waals surface area (Å²) in [5.41, 5.74) is 0.634. The molecule has 0 aliphatic rings. The summed E-state index contributed by atoms with van der Waals surface area (Å²) in [5, 5.41) is 19.1. The summed E-state index contributed by atoms with van der Waals surface area (Å²) in [7, 11) is 0. The van der Waals surface area contributed by atoms with E-state index in [4.69, 9.17) is 21.1 Å². The maximum atomic E-state index is 11.3. The van der Waals surface area contributed by atoms with Crippen molar-refractivity contribution in [2.75, 3.05) is 0 Å². The van der Waals surface area contributed by atoms with Gasteiger partial charge < -0.3 is 14.6 Å². The van der Waals surface area contributed by atoms with Crippen molar-refractivity contribution in [1.29, 1.82) is 0 Å². The van der Waals surface area contributed by atoms with Crippen LogP contribution in [0.1, 0.15) is 17.5 Å². The van der Waals surface area contributed by atoms with Crippen LogP contribution in [0.4, 0.5) is 0 Å². The standard InChI is InChI=1S/C13H11ClO5/c1-6-4-10(17)19-13-8(6)5-7(2-3-9(15)16)12(18)11(13)14/h4-5,18H,2-3H2,1H3,(H,15,16). The van der Waals surface area contributed by atoms with Gasteiger partial charge >= 0.3 is 11.6 Å². The number of hydrogen-bond donors (Lipinski definition) is 2. The number of halogens is 1. The summed E-state index contributed by atoms with van der Waals surface area (Å²) in [6, 6.07) is 2.91. The van der Waals surface area contributed by atoms with E-state index in [9.17, 15) is 14.7 Å². The Bertz CT molecular complexity index is 717. The van der Waals surface area contributed by atoms with E-state index in [0.29, 0.717) is 16.5 Å². The van der Waals surface area contributed by atoms with Gasteiger partial charge in [0.25, 0.3) is 0 Å². The van der Waals surface area contributed by atoms with Gasteiger partial charge in [0.05, 0.1) is 0 Å². The Balaban J connectivity index is 2.66. The largest absolute Gasteiger partial charge is 0.506 e. The molecule has 2 aromatic rings. The van der Waals surface area contributed by atoms with E-state index in [1.54, 1.807) is 13.0 Å². The average molecular weight is 283 g/mol. The van der Waals surface area contributed by atoms with E-state index in [1.807, 2.05) is 0 Å². The molecule has 6 heteroatoms. The number of benzene rings is 1. The van der Waals surface area contributed by atoms with Crippen LogP contribution in [-0.2, 0) is 11.2 Å². The summed E-state index contributed by atoms with van der Waals surface area (Å²) < 4.78 is 4.97. The van der Waals surface area contributed by atoms with E-state index < -0.39 is 11.6 Å². The van der Waals surface area contributed by atoms with Crippen molar-refractivity contribution in [3.63, 3.8) is 0 Å². The molecule has 0 aliphatic heterocycles. The van der Waals surface area contributed by atoms with Crippen molar-refractivity contribution in [1.82, 2.24) is 0 Å². The predicted octanol–water partition coefficient (Wildman–Crippen LogP) is 2.48. The summed E-state index contributed by atoms with van der Waals surface area (Å²) >= 11 is 5.96. The van der Waals surface area contributed by atoms with E-state index in [2.05, 4.69) is 0 Å². The third-order valence-corrected chi connectivity index (χ3v) is 3.20. The number of hydrogen-bond acceptors (Lipinski definition) is 4. The zero-order chi connectivity index (χ0) is 14.2. The van der Waals surface area contributed by atoms with Gasteiger partial charge in [-0.1, -0.05) is 11.6 Å². The van der Waals surface area contributed by atoms with Gasteiger partial charge in [-0.25, -0.2) is 4.79 Å². The van der Waals surface area contributed by atoms with Crippen LogP contribution in [0.5, 0.6) is 5.75 Å². The van der Waals surface area contributed by atoms with Gasteiger partial charge in [-0.2, -0.15) is 0 Å². The van der Waals surface area contributed by atoms with Gasteiger partial charge in [0.2, 0.25) is 0 Å². The monoisotopic (exact) mass is 282 g/mol. The maximum Gasteiger partial charge on any atom is 0.336 e. The molecule has 1 aromatic heterocycles. The first-order valence-corrected chi connectivity index (χ1v) is 5.94. The van der Waals surface area contributed by atoms with Crippen molar-refractivity contribution in [3.05, 3.63) is 38.7 Å². The molecule has 19 heavy (non-hydrogen) atoms. The lowest BCUT2D eigenvalue weighted by Crippen LogP contribution is -2.01. The molecule has 0 radical (unpaired) electrons. The minimum atomic E-state index is -0.966. The fourth-order valence-electron chi connectivity index (χ4n) is 1.88. The second-order valence-electron chi connectivity index (χ2n) is 4.22. The molecule has 0 saturated carbocycles. The van der Waals surface area contributed by atoms with Crippen LogP contribution in [0, 0.1) is 6.92 Å². The molecule has 100 valence electrons. The highest BCUT2D eigenvalue weighted by Crippen LogP contribution is 2.36. The second-order valence-corrected chi connectivity index (χ2v) is 4.60. The summed E-state index contributed by atoms with van der Waals surface area (Å²) in [4.78, 5) is 21.9. The summed E-state index contributed by atoms with van der Waals surface area (Å²) in [5.74, 6) is -1.21. The van der Waals surface area contributed by atoms with E-state index >= 15 is 0 Å². The Morgan fingerprint density at radius 3 is 2.74 bits per heavy atom. The number of aryl methyl sites for hydroxylation is 2. The minimum Gasteiger partial charge on any atom is -0.506 e. The first-order chi connectivity index (χ1) is 8.90. The molecule has 1 aromatic carbocycles. The van der Waals surface area contributed by atoms with Crippen molar-refractivity contribution >= 4 is 28.5 Å². The zero-order valence-corrected chi connectivity index (χ0v) is 10.8. The van der Waals surface area contributed by atoms with Crippen LogP contribution in [-0.4, -0.2) is 16.2 Å². The summed E-state index contributed by atoms with van der Waals surface area (Å²) in [6.07, 6.45) is 0.0284. The van der Waals surface area contributed by atoms with Crippen LogP contribution < -0.4 is 5.63 Å². The fraction of sp³-hybridized carbons (Fsp3) is 0.231. The fourth-order valence-corrected chi connectivity index (χ4v) is 2.15. The molecule has 1 heterocycles. The molecule has 2 N–H and O–H groups in total. The van der Waals surface area contributed by atoms with E-state index in [-0.39, 0.29) is 29.2 Å². The van der Waals surface area contributed by atoms with Crippen molar-refractivity contribution in [3.8, 4) is 5.75 Å². The van der Waals surface area contributed by atoms with Crippen molar-refractivity contribution in [2.24, 2.45) is 0 Å². The average Bonchev–Trinajstić information content (AvgIpc) is 2.32. The molecule has 0 aliphatic carbocycles. The zero-order valence-electron chi connectivity index (χ0n) is 10.1. The molecule has 2 rings (SSSR count). The van der Waals surface area contributed by atoms with Gasteiger partial charge in [-0.05, 0) is 30.5 Å². The lowest BCUT2D eigenvalue weighted by Gasteiger charge is -2.09. The van der Waals surface area contributed by atoms with Crippen LogP contribution in [0.15, 0.2) is 21.3 Å². The minimum absolute atomic E-state index is 0.0707. The third kappa shape index (κ3) is 2.56. The number of phenols is 1. The number of carboxylic acids is 1. The lowest BCUT2D eigenvalue weighted by molar-refractivity contribution is -0.136. The molecule has 0 fully saturated rings. The van der Waals surface area contributed by atoms with Crippen molar-refractivity contribution < 1.29 is 19.4 Å². The molecule has 0 amide bonds. The van der Waals surface area contributed by atoms with Crippen molar-refractivity contribution in [2.45, 2.75) is 19.8 Å². The molecule has 0 saturated heterocycles. The van der Waals surface area contributed by atoms with Crippen LogP contribution >= 0.6 is 11.6 Å². The third-order valence-electron chi connectivity index (χ3n) is 2.84. The van der Waals surface area contributed by atoms with Gasteiger partial charge in [0, 0.05) is 17.9 Å². The Hall–Kier alpha value is -2.01. The Morgan fingerprint density at radius 1 is 1.42 bits per heavy atom. The van der Waals surface area contributed by atoms with Crippen LogP contribution in [0.3, 0.4) is 0 Å². The SMILES string of the molecule is Cc1cc(=O)oc2c(Cl)c(O)c(CCC(=O)O)cc12. The normalized spacial score (nSPS) is 10.8. The van der Waals surface area contributed by atoms with Gasteiger partial charge in [-0.3, -0.25) is 4.79 Å². The molecule has 5 nitrogen and oxygen atoms in total. The number of aliphatic carboxylic acids is 1. The van der Waals surface area contributed by atoms with Gasteiger partial charge in [0.1, 0.15) is 10.8 Å². The maximum absolute atomic E-state index is 11.3. The number of carbonyl (C=O) groups is 1. The Morgan fingerprint density at radius 2 is 2.11 bits per heavy atom. The highest BCUT2D eigenvalue weighted by Gasteiger charge is 2.15. The molecule has 0 atom stereocenters. The number of rotatable bonds is 3. The Kier molecular flexibility index (Phi) is 3.48. The quantitative estimate of drug-likeness (QED) is 0.844. The number of phenolic OH excluding ortho intramolecular Hbond substituents is 1. The topological polar surface area (TPSA) is 87.7 Å². The number of carboxylic acid groups (broad SMARTS) is 1. The molecule has 0 unspecified atom stereocenters. The van der Waals surface area contributed by atoms with Gasteiger partial charge in [-0.15, -0.1) is 0 Å². The highest BCUT2D eigenvalue weighted by molar-refractivity contribution is 6.36. The molecule has 0 spiro atoms. The highest BCUT2D eigenvalue weighted by atomic mass is 35.5. The lowest BCUT2D eigenvalue weighted by atomic mass is 10.0. The van der Waals surface area contributed by atoms with Gasteiger partial charge in [0.15, 0.2) is 5.58 Å². The molecular formula is C13H11ClO5. The predicted molar refractivity (Wildman–Crippen MR) is 69.9 cm³/mol. The second kappa shape index (κ2) is 4.93. The van der Waals surface area contributed by atoms with Crippen LogP contribution in [0.25, 0.3) is 11.0 Å². The van der Waals surface area contributed by atoms with Crippen LogP contribution in [0.2, 0.25) is 5.02 Å². The smallest absolute Gasteiger partial charge is 0.336 e. The Labute approximate surface area is 113 Å². The number of fused-ring (bicyclic) bond motifs is 1. The summed E-state index contributed by atoms with van der Waals surface area (Å²) in [6.45, 7) is 1.72. The van der Waals surface area contributed by atoms with E-state index in [1.165, 1.54) is 6.07 Å². The first kappa shape index (κ1) is 13.4. The molecular weight excluding hydrogens is 272 g/mol. The van der Waals surface area contributed by atoms with E-state index in [0.717, 1.165) is 0 Å². The first-order valence-electron chi connectivity index (χ1n) is 5.56. The molecule has 0 bridgehead atoms. The number of aromatic hydroxyl groups is 1.